The Bertz CT molecular complexity index is 2370. The smallest absolute Gasteiger partial charge is 0.164 e. The third kappa shape index (κ3) is 7.48. The molecular weight excluding hydrogens is 607 g/mol. The van der Waals surface area contributed by atoms with Gasteiger partial charge < -0.3 is 0 Å². The summed E-state index contributed by atoms with van der Waals surface area (Å²) in [5.74, 6) is 1.96. The van der Waals surface area contributed by atoms with E-state index in [1.54, 1.807) is 0 Å². The molecule has 3 nitrogen and oxygen atoms in total. The Balaban J connectivity index is 1.22. The van der Waals surface area contributed by atoms with Crippen molar-refractivity contribution in [1.29, 1.82) is 0 Å². The normalized spacial score (nSPS) is 12.6. The van der Waals surface area contributed by atoms with E-state index in [-0.39, 0.29) is 0 Å². The first kappa shape index (κ1) is 32.1. The Hall–Kier alpha value is -6.45. The zero-order chi connectivity index (χ0) is 34.1. The van der Waals surface area contributed by atoms with E-state index in [0.29, 0.717) is 17.5 Å². The van der Waals surface area contributed by atoms with Crippen molar-refractivity contribution < 1.29 is 0 Å². The molecule has 0 spiro atoms. The molecule has 0 amide bonds. The van der Waals surface area contributed by atoms with E-state index in [9.17, 15) is 0 Å². The van der Waals surface area contributed by atoms with E-state index in [0.717, 1.165) is 44.2 Å². The number of benzene rings is 6. The molecule has 1 aromatic heterocycles. The lowest BCUT2D eigenvalue weighted by molar-refractivity contribution is 1.07. The maximum Gasteiger partial charge on any atom is 0.164 e. The number of hydrogen-bond acceptors (Lipinski definition) is 3. The van der Waals surface area contributed by atoms with Gasteiger partial charge in [-0.05, 0) is 81.9 Å². The highest BCUT2D eigenvalue weighted by Gasteiger charge is 2.12. The van der Waals surface area contributed by atoms with Crippen LogP contribution in [0.4, 0.5) is 0 Å². The molecule has 0 N–H and O–H groups in total. The Labute approximate surface area is 294 Å². The lowest BCUT2D eigenvalue weighted by Crippen LogP contribution is -2.00. The lowest BCUT2D eigenvalue weighted by atomic mass is 9.98. The molecule has 0 saturated carbocycles. The zero-order valence-electron chi connectivity index (χ0n) is 28.2. The van der Waals surface area contributed by atoms with Crippen LogP contribution in [0.5, 0.6) is 0 Å². The summed E-state index contributed by atoms with van der Waals surface area (Å²) < 4.78 is 0. The molecule has 0 radical (unpaired) electrons. The van der Waals surface area contributed by atoms with Crippen LogP contribution in [0.3, 0.4) is 0 Å². The topological polar surface area (TPSA) is 38.7 Å². The van der Waals surface area contributed by atoms with E-state index < -0.39 is 0 Å². The van der Waals surface area contributed by atoms with Gasteiger partial charge in [0.2, 0.25) is 0 Å². The number of rotatable bonds is 9. The van der Waals surface area contributed by atoms with Crippen LogP contribution >= 0.6 is 0 Å². The summed E-state index contributed by atoms with van der Waals surface area (Å²) >= 11 is 0. The molecule has 7 rings (SSSR count). The lowest BCUT2D eigenvalue weighted by Gasteiger charge is -2.10. The molecule has 1 heterocycles. The van der Waals surface area contributed by atoms with Gasteiger partial charge in [-0.1, -0.05) is 164 Å². The number of hydrogen-bond donors (Lipinski definition) is 0. The summed E-state index contributed by atoms with van der Waals surface area (Å²) in [5.41, 5.74) is 7.43. The maximum atomic E-state index is 4.92. The van der Waals surface area contributed by atoms with Gasteiger partial charge in [-0.2, -0.15) is 0 Å². The minimum absolute atomic E-state index is 0.649. The minimum Gasteiger partial charge on any atom is -0.208 e. The van der Waals surface area contributed by atoms with Crippen molar-refractivity contribution in [3.8, 4) is 34.2 Å². The standard InChI is InChI=1S/C47H37N3/c1-3-5-8-20-40(36(4-2)25-22-34-23-26-37-15-13-14-21-41(37)30-34)31-35-24-27-43-33-44(29-28-42(43)32-35)47-49-45(38-16-9-6-10-17-38)48-46(50-47)39-18-11-7-12-19-39/h3-33H,1-2H3/b5-3-,20-8+,25-22-,36-4-,40-31-. The van der Waals surface area contributed by atoms with E-state index in [2.05, 4.69) is 128 Å². The highest BCUT2D eigenvalue weighted by Crippen LogP contribution is 2.29. The van der Waals surface area contributed by atoms with Crippen LogP contribution in [0, 0.1) is 0 Å². The van der Waals surface area contributed by atoms with E-state index in [1.807, 2.05) is 73.7 Å². The van der Waals surface area contributed by atoms with Crippen LogP contribution in [0.2, 0.25) is 0 Å². The van der Waals surface area contributed by atoms with Crippen LogP contribution < -0.4 is 0 Å². The molecule has 0 unspecified atom stereocenters. The van der Waals surface area contributed by atoms with Gasteiger partial charge >= 0.3 is 0 Å². The third-order valence-corrected chi connectivity index (χ3v) is 8.60. The van der Waals surface area contributed by atoms with Gasteiger partial charge in [0.1, 0.15) is 0 Å². The minimum atomic E-state index is 0.649. The van der Waals surface area contributed by atoms with Crippen molar-refractivity contribution in [2.75, 3.05) is 0 Å². The Morgan fingerprint density at radius 1 is 0.440 bits per heavy atom. The first-order valence-electron chi connectivity index (χ1n) is 16.9. The average Bonchev–Trinajstić information content (AvgIpc) is 3.18. The molecule has 0 aliphatic rings. The molecule has 50 heavy (non-hydrogen) atoms. The van der Waals surface area contributed by atoms with Gasteiger partial charge in [0.25, 0.3) is 0 Å². The molecule has 0 aliphatic heterocycles. The van der Waals surface area contributed by atoms with Gasteiger partial charge in [-0.15, -0.1) is 0 Å². The van der Waals surface area contributed by atoms with Crippen molar-refractivity contribution in [3.63, 3.8) is 0 Å². The quantitative estimate of drug-likeness (QED) is 0.147. The summed E-state index contributed by atoms with van der Waals surface area (Å²) in [6.07, 6.45) is 17.2. The molecular formula is C47H37N3. The van der Waals surface area contributed by atoms with Crippen molar-refractivity contribution in [1.82, 2.24) is 15.0 Å². The highest BCUT2D eigenvalue weighted by molar-refractivity contribution is 5.89. The van der Waals surface area contributed by atoms with E-state index in [4.69, 9.17) is 15.0 Å². The molecule has 240 valence electrons. The van der Waals surface area contributed by atoms with Crippen LogP contribution in [-0.4, -0.2) is 15.0 Å². The van der Waals surface area contributed by atoms with Gasteiger partial charge in [-0.25, -0.2) is 15.0 Å². The second-order valence-corrected chi connectivity index (χ2v) is 12.0. The molecule has 0 bridgehead atoms. The highest BCUT2D eigenvalue weighted by atomic mass is 15.0. The van der Waals surface area contributed by atoms with Crippen LogP contribution in [-0.2, 0) is 0 Å². The Morgan fingerprint density at radius 3 is 1.66 bits per heavy atom. The van der Waals surface area contributed by atoms with E-state index >= 15 is 0 Å². The fraction of sp³-hybridized carbons (Fsp3) is 0.0426. The zero-order valence-corrected chi connectivity index (χ0v) is 28.2. The van der Waals surface area contributed by atoms with Crippen LogP contribution in [0.1, 0.15) is 25.0 Å². The molecule has 6 aromatic carbocycles. The Morgan fingerprint density at radius 2 is 0.980 bits per heavy atom. The molecule has 0 atom stereocenters. The van der Waals surface area contributed by atoms with Crippen molar-refractivity contribution in [3.05, 3.63) is 198 Å². The van der Waals surface area contributed by atoms with E-state index in [1.165, 1.54) is 16.3 Å². The summed E-state index contributed by atoms with van der Waals surface area (Å²) in [7, 11) is 0. The molecule has 3 heteroatoms. The van der Waals surface area contributed by atoms with Crippen molar-refractivity contribution >= 4 is 33.7 Å². The number of nitrogens with zero attached hydrogens (tertiary/aromatic N) is 3. The third-order valence-electron chi connectivity index (χ3n) is 8.60. The first-order valence-corrected chi connectivity index (χ1v) is 16.9. The predicted molar refractivity (Wildman–Crippen MR) is 212 cm³/mol. The fourth-order valence-electron chi connectivity index (χ4n) is 5.96. The van der Waals surface area contributed by atoms with Gasteiger partial charge in [0.15, 0.2) is 17.5 Å². The van der Waals surface area contributed by atoms with Gasteiger partial charge in [0, 0.05) is 16.7 Å². The summed E-state index contributed by atoms with van der Waals surface area (Å²) in [6, 6.07) is 48.2. The van der Waals surface area contributed by atoms with Gasteiger partial charge in [0.05, 0.1) is 0 Å². The fourth-order valence-corrected chi connectivity index (χ4v) is 5.96. The maximum absolute atomic E-state index is 4.92. The summed E-state index contributed by atoms with van der Waals surface area (Å²) in [6.45, 7) is 4.12. The molecule has 0 fully saturated rings. The van der Waals surface area contributed by atoms with Gasteiger partial charge in [-0.3, -0.25) is 0 Å². The Kier molecular flexibility index (Phi) is 9.75. The average molecular weight is 644 g/mol. The predicted octanol–water partition coefficient (Wildman–Crippen LogP) is 12.4. The largest absolute Gasteiger partial charge is 0.208 e. The van der Waals surface area contributed by atoms with Crippen LogP contribution in [0.25, 0.3) is 67.9 Å². The molecule has 0 aliphatic carbocycles. The van der Waals surface area contributed by atoms with Crippen LogP contribution in [0.15, 0.2) is 187 Å². The number of allylic oxidation sites excluding steroid dienone is 8. The van der Waals surface area contributed by atoms with Crippen molar-refractivity contribution in [2.45, 2.75) is 13.8 Å². The summed E-state index contributed by atoms with van der Waals surface area (Å²) in [4.78, 5) is 14.7. The monoisotopic (exact) mass is 643 g/mol. The second kappa shape index (κ2) is 15.2. The molecule has 0 saturated heterocycles. The summed E-state index contributed by atoms with van der Waals surface area (Å²) in [5, 5.41) is 4.75. The number of aromatic nitrogens is 3. The SMILES string of the molecule is C\C=C/C=C/C(=C/c1ccc2cc(-c3nc(-c4ccccc4)nc(-c4ccccc4)n3)ccc2c1)C(/C=C\c1ccc2ccccc2c1)=C\C. The second-order valence-electron chi connectivity index (χ2n) is 12.0. The first-order chi connectivity index (χ1) is 24.7. The van der Waals surface area contributed by atoms with Crippen molar-refractivity contribution in [2.24, 2.45) is 0 Å². The number of fused-ring (bicyclic) bond motifs is 2. The molecule has 7 aromatic rings.